The van der Waals surface area contributed by atoms with E-state index in [4.69, 9.17) is 5.11 Å². The number of nitrogens with one attached hydrogen (secondary N) is 1. The first-order chi connectivity index (χ1) is 8.77. The van der Waals surface area contributed by atoms with E-state index in [9.17, 15) is 4.79 Å². The second-order valence-electron chi connectivity index (χ2n) is 4.40. The Morgan fingerprint density at radius 1 is 1.61 bits per heavy atom. The van der Waals surface area contributed by atoms with E-state index >= 15 is 0 Å². The van der Waals surface area contributed by atoms with E-state index in [2.05, 4.69) is 10.3 Å². The Hall–Kier alpha value is -1.62. The molecule has 0 aliphatic heterocycles. The molecule has 1 fully saturated rings. The maximum Gasteiger partial charge on any atom is 0.257 e. The van der Waals surface area contributed by atoms with Crippen molar-refractivity contribution in [2.45, 2.75) is 25.8 Å². The molecule has 0 saturated heterocycles. The van der Waals surface area contributed by atoms with Crippen molar-refractivity contribution in [2.75, 3.05) is 25.0 Å². The summed E-state index contributed by atoms with van der Waals surface area (Å²) in [6.07, 6.45) is 5.32. The van der Waals surface area contributed by atoms with Crippen LogP contribution >= 0.6 is 0 Å². The summed E-state index contributed by atoms with van der Waals surface area (Å²) in [5.41, 5.74) is 1.39. The zero-order valence-corrected chi connectivity index (χ0v) is 10.6. The third-order valence-electron chi connectivity index (χ3n) is 3.01. The Morgan fingerprint density at radius 3 is 3.00 bits per heavy atom. The van der Waals surface area contributed by atoms with E-state index in [1.165, 1.54) is 0 Å². The summed E-state index contributed by atoms with van der Waals surface area (Å²) >= 11 is 0. The van der Waals surface area contributed by atoms with Crippen LogP contribution in [0.15, 0.2) is 18.5 Å². The number of nitrogens with zero attached hydrogens (tertiary/aromatic N) is 2. The molecule has 5 nitrogen and oxygen atoms in total. The third kappa shape index (κ3) is 2.79. The Bertz CT molecular complexity index is 418. The largest absolute Gasteiger partial charge is 0.395 e. The summed E-state index contributed by atoms with van der Waals surface area (Å²) in [6.45, 7) is 3.14. The number of anilines is 1. The Labute approximate surface area is 107 Å². The van der Waals surface area contributed by atoms with Crippen molar-refractivity contribution in [1.29, 1.82) is 0 Å². The van der Waals surface area contributed by atoms with Crippen molar-refractivity contribution >= 4 is 11.6 Å². The highest BCUT2D eigenvalue weighted by Crippen LogP contribution is 2.29. The third-order valence-corrected chi connectivity index (χ3v) is 3.01. The van der Waals surface area contributed by atoms with Gasteiger partial charge < -0.3 is 15.3 Å². The number of hydrogen-bond donors (Lipinski definition) is 2. The molecule has 1 aliphatic rings. The topological polar surface area (TPSA) is 65.5 Å². The van der Waals surface area contributed by atoms with Gasteiger partial charge in [-0.2, -0.15) is 0 Å². The smallest absolute Gasteiger partial charge is 0.257 e. The summed E-state index contributed by atoms with van der Waals surface area (Å²) < 4.78 is 0. The molecule has 0 unspecified atom stereocenters. The van der Waals surface area contributed by atoms with E-state index in [-0.39, 0.29) is 12.5 Å². The maximum absolute atomic E-state index is 12.4. The lowest BCUT2D eigenvalue weighted by atomic mass is 10.2. The second-order valence-corrected chi connectivity index (χ2v) is 4.40. The maximum atomic E-state index is 12.4. The summed E-state index contributed by atoms with van der Waals surface area (Å²) in [6, 6.07) is 2.10. The van der Waals surface area contributed by atoms with Crippen molar-refractivity contribution < 1.29 is 9.90 Å². The minimum Gasteiger partial charge on any atom is -0.395 e. The molecular weight excluding hydrogens is 230 g/mol. The molecule has 0 radical (unpaired) electrons. The van der Waals surface area contributed by atoms with Crippen LogP contribution in [0.4, 0.5) is 5.69 Å². The summed E-state index contributed by atoms with van der Waals surface area (Å²) in [5, 5.41) is 12.2. The molecule has 1 aromatic rings. The molecular formula is C13H19N3O2. The van der Waals surface area contributed by atoms with E-state index in [0.717, 1.165) is 25.1 Å². The Kier molecular flexibility index (Phi) is 4.15. The lowest BCUT2D eigenvalue weighted by Gasteiger charge is -2.22. The Morgan fingerprint density at radius 2 is 2.39 bits per heavy atom. The minimum atomic E-state index is -0.0457. The molecule has 5 heteroatoms. The van der Waals surface area contributed by atoms with E-state index in [0.29, 0.717) is 18.2 Å². The number of carbonyl (C=O) groups excluding carboxylic acids is 1. The highest BCUT2D eigenvalue weighted by atomic mass is 16.3. The van der Waals surface area contributed by atoms with Gasteiger partial charge in [-0.05, 0) is 25.8 Å². The number of aliphatic hydroxyl groups excluding tert-OH is 1. The van der Waals surface area contributed by atoms with Crippen LogP contribution in [0, 0.1) is 0 Å². The molecule has 0 atom stereocenters. The van der Waals surface area contributed by atoms with Gasteiger partial charge in [0, 0.05) is 31.5 Å². The van der Waals surface area contributed by atoms with Gasteiger partial charge in [-0.3, -0.25) is 9.78 Å². The minimum absolute atomic E-state index is 0.000951. The molecule has 1 amide bonds. The molecule has 0 spiro atoms. The van der Waals surface area contributed by atoms with Crippen molar-refractivity contribution in [1.82, 2.24) is 9.88 Å². The van der Waals surface area contributed by atoms with Gasteiger partial charge in [0.25, 0.3) is 5.91 Å². The van der Waals surface area contributed by atoms with Gasteiger partial charge in [0.1, 0.15) is 0 Å². The number of carbonyl (C=O) groups is 1. The van der Waals surface area contributed by atoms with Gasteiger partial charge >= 0.3 is 0 Å². The SMILES string of the molecule is CCNc1ccncc1C(=O)N(CCO)C1CC1. The number of aliphatic hydroxyl groups is 1. The first-order valence-corrected chi connectivity index (χ1v) is 6.37. The van der Waals surface area contributed by atoms with Crippen molar-refractivity contribution in [3.63, 3.8) is 0 Å². The molecule has 1 heterocycles. The van der Waals surface area contributed by atoms with Crippen molar-refractivity contribution in [2.24, 2.45) is 0 Å². The zero-order chi connectivity index (χ0) is 13.0. The fourth-order valence-corrected chi connectivity index (χ4v) is 2.01. The lowest BCUT2D eigenvalue weighted by molar-refractivity contribution is 0.0708. The molecule has 2 N–H and O–H groups in total. The average Bonchev–Trinajstić information content (AvgIpc) is 3.20. The van der Waals surface area contributed by atoms with Crippen LogP contribution in [-0.2, 0) is 0 Å². The first-order valence-electron chi connectivity index (χ1n) is 6.37. The molecule has 0 bridgehead atoms. The standard InChI is InChI=1S/C13H19N3O2/c1-2-15-12-5-6-14-9-11(12)13(18)16(7-8-17)10-3-4-10/h5-6,9-10,17H,2-4,7-8H2,1H3,(H,14,15). The molecule has 1 aliphatic carbocycles. The van der Waals surface area contributed by atoms with Gasteiger partial charge in [-0.15, -0.1) is 0 Å². The van der Waals surface area contributed by atoms with Crippen LogP contribution in [0.1, 0.15) is 30.1 Å². The predicted octanol–water partition coefficient (Wildman–Crippen LogP) is 1.11. The first kappa shape index (κ1) is 12.8. The fourth-order valence-electron chi connectivity index (χ4n) is 2.01. The fraction of sp³-hybridized carbons (Fsp3) is 0.538. The lowest BCUT2D eigenvalue weighted by Crippen LogP contribution is -2.36. The number of rotatable bonds is 6. The monoisotopic (exact) mass is 249 g/mol. The second kappa shape index (κ2) is 5.82. The molecule has 98 valence electrons. The normalized spacial score (nSPS) is 14.3. The van der Waals surface area contributed by atoms with Crippen LogP contribution in [-0.4, -0.2) is 46.6 Å². The summed E-state index contributed by atoms with van der Waals surface area (Å²) in [4.78, 5) is 18.2. The summed E-state index contributed by atoms with van der Waals surface area (Å²) in [5.74, 6) is -0.0457. The van der Waals surface area contributed by atoms with Crippen LogP contribution in [0.25, 0.3) is 0 Å². The van der Waals surface area contributed by atoms with E-state index < -0.39 is 0 Å². The van der Waals surface area contributed by atoms with Crippen molar-refractivity contribution in [3.05, 3.63) is 24.0 Å². The predicted molar refractivity (Wildman–Crippen MR) is 69.5 cm³/mol. The number of amides is 1. The van der Waals surface area contributed by atoms with Crippen LogP contribution in [0.3, 0.4) is 0 Å². The van der Waals surface area contributed by atoms with Crippen LogP contribution in [0.5, 0.6) is 0 Å². The van der Waals surface area contributed by atoms with E-state index in [1.54, 1.807) is 23.4 Å². The van der Waals surface area contributed by atoms with Gasteiger partial charge in [-0.25, -0.2) is 0 Å². The van der Waals surface area contributed by atoms with Crippen LogP contribution < -0.4 is 5.32 Å². The highest BCUT2D eigenvalue weighted by Gasteiger charge is 2.33. The van der Waals surface area contributed by atoms with E-state index in [1.807, 2.05) is 6.92 Å². The number of hydrogen-bond acceptors (Lipinski definition) is 4. The zero-order valence-electron chi connectivity index (χ0n) is 10.6. The molecule has 1 saturated carbocycles. The van der Waals surface area contributed by atoms with Gasteiger partial charge in [-0.1, -0.05) is 0 Å². The quantitative estimate of drug-likeness (QED) is 0.792. The number of aromatic nitrogens is 1. The molecule has 2 rings (SSSR count). The molecule has 0 aromatic carbocycles. The van der Waals surface area contributed by atoms with Gasteiger partial charge in [0.05, 0.1) is 17.9 Å². The van der Waals surface area contributed by atoms with Gasteiger partial charge in [0.15, 0.2) is 0 Å². The summed E-state index contributed by atoms with van der Waals surface area (Å²) in [7, 11) is 0. The number of pyridine rings is 1. The van der Waals surface area contributed by atoms with Crippen molar-refractivity contribution in [3.8, 4) is 0 Å². The van der Waals surface area contributed by atoms with Gasteiger partial charge in [0.2, 0.25) is 0 Å². The van der Waals surface area contributed by atoms with Crippen LogP contribution in [0.2, 0.25) is 0 Å². The molecule has 1 aromatic heterocycles. The molecule has 18 heavy (non-hydrogen) atoms. The average molecular weight is 249 g/mol. The highest BCUT2D eigenvalue weighted by molar-refractivity contribution is 5.99. The Balaban J connectivity index is 2.20.